The van der Waals surface area contributed by atoms with Crippen molar-refractivity contribution < 1.29 is 14.3 Å². The van der Waals surface area contributed by atoms with Crippen molar-refractivity contribution in [3.05, 3.63) is 29.3 Å². The Morgan fingerprint density at radius 2 is 0.557 bits per heavy atom. The third kappa shape index (κ3) is 44.6. The van der Waals surface area contributed by atoms with Gasteiger partial charge in [-0.3, -0.25) is 9.59 Å². The third-order valence-corrected chi connectivity index (χ3v) is 15.1. The smallest absolute Gasteiger partial charge is 0.255 e. The van der Waals surface area contributed by atoms with Crippen molar-refractivity contribution in [1.29, 1.82) is 0 Å². The molecular formula is C65H122N2O3. The molecule has 0 aliphatic carbocycles. The van der Waals surface area contributed by atoms with Crippen LogP contribution >= 0.6 is 0 Å². The number of hydrogen-bond acceptors (Lipinski definition) is 3. The highest BCUT2D eigenvalue weighted by atomic mass is 16.5. The molecule has 0 heterocycles. The Kier molecular flexibility index (Phi) is 51.6. The minimum absolute atomic E-state index is 0.0800. The van der Waals surface area contributed by atoms with Crippen LogP contribution in [0, 0.1) is 0 Å². The fourth-order valence-corrected chi connectivity index (χ4v) is 10.3. The molecule has 0 bridgehead atoms. The molecule has 2 N–H and O–H groups in total. The standard InChI is InChI=1S/C65H122N2O3/c1-4-7-10-13-15-17-19-21-23-25-27-29-31-33-35-37-39-41-43-45-47-49-52-57-66-64(68)61-55-56-62(63(60-61)70-59-54-51-12-9-6-3)65(69)67-58-53-50-48-46-44-42-40-38-36-34-32-30-28-26-24-22-20-18-16-14-11-8-5-2/h55-56,60H,4-54,57-59H2,1-3H3,(H,66,68)(H,67,69). The number of ether oxygens (including phenoxy) is 1. The van der Waals surface area contributed by atoms with Crippen LogP contribution in [-0.4, -0.2) is 31.5 Å². The van der Waals surface area contributed by atoms with Crippen molar-refractivity contribution in [2.24, 2.45) is 0 Å². The van der Waals surface area contributed by atoms with E-state index in [9.17, 15) is 9.59 Å². The summed E-state index contributed by atoms with van der Waals surface area (Å²) in [6, 6.07) is 5.36. The fraction of sp³-hybridized carbons (Fsp3) is 0.877. The van der Waals surface area contributed by atoms with Crippen molar-refractivity contribution in [2.45, 2.75) is 348 Å². The zero-order chi connectivity index (χ0) is 50.3. The van der Waals surface area contributed by atoms with Crippen LogP contribution in [0.15, 0.2) is 18.2 Å². The summed E-state index contributed by atoms with van der Waals surface area (Å²) < 4.78 is 6.20. The van der Waals surface area contributed by atoms with E-state index < -0.39 is 0 Å². The molecule has 70 heavy (non-hydrogen) atoms. The summed E-state index contributed by atoms with van der Waals surface area (Å²) in [7, 11) is 0. The Hall–Kier alpha value is -2.04. The molecule has 0 saturated heterocycles. The van der Waals surface area contributed by atoms with Crippen LogP contribution in [-0.2, 0) is 0 Å². The number of nitrogens with one attached hydrogen (secondary N) is 2. The molecule has 410 valence electrons. The molecule has 1 aromatic rings. The molecule has 0 spiro atoms. The highest BCUT2D eigenvalue weighted by molar-refractivity contribution is 6.00. The van der Waals surface area contributed by atoms with Crippen LogP contribution in [0.2, 0.25) is 0 Å². The van der Waals surface area contributed by atoms with E-state index in [2.05, 4.69) is 31.4 Å². The number of carbonyl (C=O) groups excluding carboxylic acids is 2. The van der Waals surface area contributed by atoms with E-state index in [-0.39, 0.29) is 11.8 Å². The zero-order valence-electron chi connectivity index (χ0n) is 47.6. The highest BCUT2D eigenvalue weighted by Crippen LogP contribution is 2.23. The Bertz CT molecular complexity index is 1230. The van der Waals surface area contributed by atoms with Crippen LogP contribution in [0.25, 0.3) is 0 Å². The molecule has 0 aliphatic heterocycles. The fourth-order valence-electron chi connectivity index (χ4n) is 10.3. The molecule has 0 aromatic heterocycles. The average Bonchev–Trinajstić information content (AvgIpc) is 3.37. The van der Waals surface area contributed by atoms with Gasteiger partial charge in [0.1, 0.15) is 5.75 Å². The Morgan fingerprint density at radius 3 is 0.843 bits per heavy atom. The molecular weight excluding hydrogens is 857 g/mol. The summed E-state index contributed by atoms with van der Waals surface area (Å²) in [6.45, 7) is 8.76. The van der Waals surface area contributed by atoms with Crippen LogP contribution in [0.1, 0.15) is 369 Å². The predicted molar refractivity (Wildman–Crippen MR) is 309 cm³/mol. The number of benzene rings is 1. The number of hydrogen-bond donors (Lipinski definition) is 2. The SMILES string of the molecule is CCCCCCCCCCCCCCCCCCCCCCCCCNC(=O)c1ccc(C(=O)NCCCCCCCCCCCCCCCCCCCCCCCCC)c(OCCCCCCC)c1. The Morgan fingerprint density at radius 1 is 0.314 bits per heavy atom. The Labute approximate surface area is 437 Å². The largest absolute Gasteiger partial charge is 0.493 e. The topological polar surface area (TPSA) is 67.4 Å². The second-order valence-electron chi connectivity index (χ2n) is 22.0. The summed E-state index contributed by atoms with van der Waals surface area (Å²) in [5, 5.41) is 6.27. The molecule has 5 nitrogen and oxygen atoms in total. The van der Waals surface area contributed by atoms with Gasteiger partial charge < -0.3 is 15.4 Å². The first-order valence-corrected chi connectivity index (χ1v) is 32.0. The molecule has 0 radical (unpaired) electrons. The number of carbonyl (C=O) groups is 2. The van der Waals surface area contributed by atoms with E-state index >= 15 is 0 Å². The number of rotatable bonds is 57. The van der Waals surface area contributed by atoms with Crippen molar-refractivity contribution in [3.8, 4) is 5.75 Å². The van der Waals surface area contributed by atoms with Crippen LogP contribution < -0.4 is 15.4 Å². The molecule has 0 fully saturated rings. The lowest BCUT2D eigenvalue weighted by molar-refractivity contribution is 0.0937. The van der Waals surface area contributed by atoms with Gasteiger partial charge >= 0.3 is 0 Å². The van der Waals surface area contributed by atoms with Gasteiger partial charge in [-0.15, -0.1) is 0 Å². The van der Waals surface area contributed by atoms with Gasteiger partial charge in [0.05, 0.1) is 12.2 Å². The normalized spacial score (nSPS) is 11.4. The quantitative estimate of drug-likeness (QED) is 0.0639. The van der Waals surface area contributed by atoms with E-state index in [0.717, 1.165) is 38.5 Å². The third-order valence-electron chi connectivity index (χ3n) is 15.1. The summed E-state index contributed by atoms with van der Waals surface area (Å²) >= 11 is 0. The monoisotopic (exact) mass is 979 g/mol. The van der Waals surface area contributed by atoms with Crippen LogP contribution in [0.3, 0.4) is 0 Å². The van der Waals surface area contributed by atoms with E-state index in [1.165, 1.54) is 289 Å². The number of amides is 2. The lowest BCUT2D eigenvalue weighted by Gasteiger charge is -2.14. The number of unbranched alkanes of at least 4 members (excludes halogenated alkanes) is 48. The van der Waals surface area contributed by atoms with Gasteiger partial charge in [0.15, 0.2) is 0 Å². The van der Waals surface area contributed by atoms with E-state index in [0.29, 0.717) is 36.6 Å². The second-order valence-corrected chi connectivity index (χ2v) is 22.0. The molecule has 0 saturated carbocycles. The van der Waals surface area contributed by atoms with Gasteiger partial charge in [-0.1, -0.05) is 329 Å². The van der Waals surface area contributed by atoms with Crippen molar-refractivity contribution >= 4 is 11.8 Å². The van der Waals surface area contributed by atoms with Gasteiger partial charge in [0.2, 0.25) is 0 Å². The zero-order valence-corrected chi connectivity index (χ0v) is 47.6. The maximum Gasteiger partial charge on any atom is 0.255 e. The van der Waals surface area contributed by atoms with E-state index in [1.54, 1.807) is 18.2 Å². The molecule has 1 rings (SSSR count). The maximum atomic E-state index is 13.3. The van der Waals surface area contributed by atoms with E-state index in [1.807, 2.05) is 0 Å². The first kappa shape index (κ1) is 66.0. The summed E-state index contributed by atoms with van der Waals surface area (Å²) in [5.41, 5.74) is 1.11. The van der Waals surface area contributed by atoms with Crippen LogP contribution in [0.5, 0.6) is 5.75 Å². The van der Waals surface area contributed by atoms with E-state index in [4.69, 9.17) is 4.74 Å². The second kappa shape index (κ2) is 54.7. The first-order chi connectivity index (χ1) is 34.6. The molecule has 5 heteroatoms. The predicted octanol–water partition coefficient (Wildman–Crippen LogP) is 21.5. The Balaban J connectivity index is 2.12. The summed E-state index contributed by atoms with van der Waals surface area (Å²) in [6.07, 6.45) is 69.3. The van der Waals surface area contributed by atoms with Crippen molar-refractivity contribution in [3.63, 3.8) is 0 Å². The lowest BCUT2D eigenvalue weighted by atomic mass is 10.0. The van der Waals surface area contributed by atoms with Crippen molar-refractivity contribution in [2.75, 3.05) is 19.7 Å². The lowest BCUT2D eigenvalue weighted by Crippen LogP contribution is -2.26. The van der Waals surface area contributed by atoms with Gasteiger partial charge in [0.25, 0.3) is 11.8 Å². The van der Waals surface area contributed by atoms with Gasteiger partial charge in [-0.05, 0) is 37.5 Å². The molecule has 1 aromatic carbocycles. The summed E-state index contributed by atoms with van der Waals surface area (Å²) in [5.74, 6) is 0.352. The first-order valence-electron chi connectivity index (χ1n) is 32.0. The highest BCUT2D eigenvalue weighted by Gasteiger charge is 2.16. The van der Waals surface area contributed by atoms with Crippen molar-refractivity contribution in [1.82, 2.24) is 10.6 Å². The molecule has 0 unspecified atom stereocenters. The summed E-state index contributed by atoms with van der Waals surface area (Å²) in [4.78, 5) is 26.5. The minimum atomic E-state index is -0.100. The average molecular weight is 980 g/mol. The maximum absolute atomic E-state index is 13.3. The van der Waals surface area contributed by atoms with Gasteiger partial charge in [-0.25, -0.2) is 0 Å². The van der Waals surface area contributed by atoms with Gasteiger partial charge in [-0.2, -0.15) is 0 Å². The van der Waals surface area contributed by atoms with Crippen LogP contribution in [0.4, 0.5) is 0 Å². The molecule has 0 aliphatic rings. The van der Waals surface area contributed by atoms with Gasteiger partial charge in [0, 0.05) is 18.7 Å². The minimum Gasteiger partial charge on any atom is -0.493 e. The molecule has 2 amide bonds. The molecule has 0 atom stereocenters.